The number of rotatable bonds is 12. The lowest BCUT2D eigenvalue weighted by molar-refractivity contribution is 0.0531. The predicted octanol–water partition coefficient (Wildman–Crippen LogP) is 5.42. The van der Waals surface area contributed by atoms with Gasteiger partial charge in [0, 0.05) is 0 Å². The van der Waals surface area contributed by atoms with E-state index in [0.717, 1.165) is 24.3 Å². The maximum atomic E-state index is 11.8. The van der Waals surface area contributed by atoms with Crippen LogP contribution in [-0.2, 0) is 4.74 Å². The normalized spacial score (nSPS) is 11.0. The smallest absolute Gasteiger partial charge is 0.350 e. The first-order valence-electron chi connectivity index (χ1n) is 9.80. The summed E-state index contributed by atoms with van der Waals surface area (Å²) in [6.07, 6.45) is 7.85. The lowest BCUT2D eigenvalue weighted by Crippen LogP contribution is -2.03. The van der Waals surface area contributed by atoms with Crippen molar-refractivity contribution in [3.8, 4) is 5.75 Å². The molecule has 0 unspecified atom stereocenters. The Labute approximate surface area is 171 Å². The molecule has 0 saturated carbocycles. The molecule has 1 N–H and O–H groups in total. The third-order valence-electron chi connectivity index (χ3n) is 4.03. The molecular weight excluding hydrogens is 374 g/mol. The van der Waals surface area contributed by atoms with Gasteiger partial charge >= 0.3 is 5.97 Å². The molecule has 0 bridgehead atoms. The minimum Gasteiger partial charge on any atom is -0.494 e. The SMILES string of the molecule is CCCCCCCOc1ccc(C=NNc2nc(C)c(C(=O)OCC)s2)cc1. The van der Waals surface area contributed by atoms with Crippen LogP contribution < -0.4 is 10.2 Å². The number of hydrazone groups is 1. The number of benzene rings is 1. The van der Waals surface area contributed by atoms with Crippen LogP contribution in [0.5, 0.6) is 5.75 Å². The van der Waals surface area contributed by atoms with Crippen LogP contribution in [0.25, 0.3) is 0 Å². The summed E-state index contributed by atoms with van der Waals surface area (Å²) in [5.41, 5.74) is 4.44. The van der Waals surface area contributed by atoms with Crippen molar-refractivity contribution in [3.05, 3.63) is 40.4 Å². The van der Waals surface area contributed by atoms with Crippen LogP contribution in [-0.4, -0.2) is 30.4 Å². The quantitative estimate of drug-likeness (QED) is 0.222. The number of aryl methyl sites for hydroxylation is 1. The van der Waals surface area contributed by atoms with Gasteiger partial charge in [0.1, 0.15) is 10.6 Å². The van der Waals surface area contributed by atoms with E-state index in [1.807, 2.05) is 24.3 Å². The van der Waals surface area contributed by atoms with Crippen LogP contribution in [0.1, 0.15) is 66.9 Å². The molecule has 2 rings (SSSR count). The van der Waals surface area contributed by atoms with Crippen molar-refractivity contribution in [1.82, 2.24) is 4.98 Å². The van der Waals surface area contributed by atoms with Crippen LogP contribution in [0.3, 0.4) is 0 Å². The average Bonchev–Trinajstić information content (AvgIpc) is 3.06. The molecule has 7 heteroatoms. The lowest BCUT2D eigenvalue weighted by atomic mass is 10.2. The van der Waals surface area contributed by atoms with E-state index < -0.39 is 0 Å². The molecule has 0 aliphatic carbocycles. The van der Waals surface area contributed by atoms with Crippen LogP contribution >= 0.6 is 11.3 Å². The van der Waals surface area contributed by atoms with E-state index in [2.05, 4.69) is 22.4 Å². The van der Waals surface area contributed by atoms with Gasteiger partial charge in [-0.2, -0.15) is 5.10 Å². The van der Waals surface area contributed by atoms with Gasteiger partial charge in [0.15, 0.2) is 0 Å². The Bertz CT molecular complexity index is 757. The van der Waals surface area contributed by atoms with Gasteiger partial charge in [-0.25, -0.2) is 9.78 Å². The molecule has 0 aliphatic rings. The second-order valence-corrected chi connectivity index (χ2v) is 7.35. The number of unbranched alkanes of at least 4 members (excludes halogenated alkanes) is 4. The minimum absolute atomic E-state index is 0.343. The topological polar surface area (TPSA) is 72.8 Å². The van der Waals surface area contributed by atoms with E-state index >= 15 is 0 Å². The monoisotopic (exact) mass is 403 g/mol. The second kappa shape index (κ2) is 12.1. The Morgan fingerprint density at radius 1 is 1.18 bits per heavy atom. The molecule has 0 radical (unpaired) electrons. The Balaban J connectivity index is 1.78. The number of carbonyl (C=O) groups excluding carboxylic acids is 1. The van der Waals surface area contributed by atoms with Crippen LogP contribution in [0.4, 0.5) is 5.13 Å². The molecule has 0 atom stereocenters. The fraction of sp³-hybridized carbons (Fsp3) is 0.476. The Hall–Kier alpha value is -2.41. The number of anilines is 1. The number of esters is 1. The van der Waals surface area contributed by atoms with Crippen molar-refractivity contribution in [1.29, 1.82) is 0 Å². The highest BCUT2D eigenvalue weighted by molar-refractivity contribution is 7.17. The second-order valence-electron chi connectivity index (χ2n) is 6.36. The van der Waals surface area contributed by atoms with Gasteiger partial charge in [-0.15, -0.1) is 0 Å². The predicted molar refractivity (Wildman–Crippen MR) is 115 cm³/mol. The first-order chi connectivity index (χ1) is 13.6. The third-order valence-corrected chi connectivity index (χ3v) is 5.07. The van der Waals surface area contributed by atoms with E-state index in [-0.39, 0.29) is 5.97 Å². The summed E-state index contributed by atoms with van der Waals surface area (Å²) in [6, 6.07) is 7.79. The fourth-order valence-corrected chi connectivity index (χ4v) is 3.35. The number of aromatic nitrogens is 1. The van der Waals surface area contributed by atoms with Gasteiger partial charge in [-0.1, -0.05) is 43.9 Å². The summed E-state index contributed by atoms with van der Waals surface area (Å²) in [6.45, 7) is 6.87. The zero-order valence-corrected chi connectivity index (χ0v) is 17.7. The van der Waals surface area contributed by atoms with Gasteiger partial charge in [0.25, 0.3) is 0 Å². The number of hydrogen-bond acceptors (Lipinski definition) is 7. The highest BCUT2D eigenvalue weighted by atomic mass is 32.1. The van der Waals surface area contributed by atoms with Crippen molar-refractivity contribution < 1.29 is 14.3 Å². The zero-order valence-electron chi connectivity index (χ0n) is 16.9. The molecular formula is C21H29N3O3S. The van der Waals surface area contributed by atoms with Gasteiger partial charge in [0.05, 0.1) is 25.1 Å². The van der Waals surface area contributed by atoms with E-state index in [1.54, 1.807) is 20.1 Å². The number of nitrogens with zero attached hydrogens (tertiary/aromatic N) is 2. The standard InChI is InChI=1S/C21H29N3O3S/c1-4-6-7-8-9-14-27-18-12-10-17(11-13-18)15-22-24-21-23-16(3)19(28-21)20(25)26-5-2/h10-13,15H,4-9,14H2,1-3H3,(H,23,24). The molecule has 152 valence electrons. The number of ether oxygens (including phenoxy) is 2. The van der Waals surface area contributed by atoms with Crippen LogP contribution in [0.15, 0.2) is 29.4 Å². The fourth-order valence-electron chi connectivity index (χ4n) is 2.54. The first kappa shape index (κ1) is 21.9. The molecule has 0 fully saturated rings. The van der Waals surface area contributed by atoms with Gasteiger partial charge in [0.2, 0.25) is 5.13 Å². The third kappa shape index (κ3) is 7.31. The van der Waals surface area contributed by atoms with Gasteiger partial charge in [-0.05, 0) is 50.1 Å². The van der Waals surface area contributed by atoms with E-state index in [4.69, 9.17) is 9.47 Å². The van der Waals surface area contributed by atoms with Crippen molar-refractivity contribution in [2.75, 3.05) is 18.6 Å². The molecule has 28 heavy (non-hydrogen) atoms. The molecule has 0 amide bonds. The summed E-state index contributed by atoms with van der Waals surface area (Å²) in [4.78, 5) is 16.6. The van der Waals surface area contributed by atoms with Crippen molar-refractivity contribution >= 4 is 28.7 Å². The van der Waals surface area contributed by atoms with Crippen LogP contribution in [0.2, 0.25) is 0 Å². The van der Waals surface area contributed by atoms with Gasteiger partial charge in [-0.3, -0.25) is 5.43 Å². The number of nitrogens with one attached hydrogen (secondary N) is 1. The maximum Gasteiger partial charge on any atom is 0.350 e. The number of hydrogen-bond donors (Lipinski definition) is 1. The van der Waals surface area contributed by atoms with Crippen LogP contribution in [0, 0.1) is 6.92 Å². The van der Waals surface area contributed by atoms with E-state index in [1.165, 1.54) is 37.0 Å². The molecule has 1 heterocycles. The molecule has 1 aromatic heterocycles. The van der Waals surface area contributed by atoms with E-state index in [9.17, 15) is 4.79 Å². The number of thiazole rings is 1. The summed E-state index contributed by atoms with van der Waals surface area (Å²) < 4.78 is 10.8. The Morgan fingerprint density at radius 3 is 2.64 bits per heavy atom. The highest BCUT2D eigenvalue weighted by Crippen LogP contribution is 2.23. The summed E-state index contributed by atoms with van der Waals surface area (Å²) >= 11 is 1.23. The lowest BCUT2D eigenvalue weighted by Gasteiger charge is -2.06. The van der Waals surface area contributed by atoms with E-state index in [0.29, 0.717) is 22.3 Å². The van der Waals surface area contributed by atoms with Crippen molar-refractivity contribution in [2.45, 2.75) is 52.9 Å². The molecule has 0 aliphatic heterocycles. The Morgan fingerprint density at radius 2 is 1.93 bits per heavy atom. The summed E-state index contributed by atoms with van der Waals surface area (Å²) in [5.74, 6) is 0.519. The number of carbonyl (C=O) groups is 1. The largest absolute Gasteiger partial charge is 0.494 e. The molecule has 2 aromatic rings. The van der Waals surface area contributed by atoms with Crippen molar-refractivity contribution in [2.24, 2.45) is 5.10 Å². The molecule has 0 spiro atoms. The zero-order chi connectivity index (χ0) is 20.2. The summed E-state index contributed by atoms with van der Waals surface area (Å²) in [7, 11) is 0. The molecule has 1 aromatic carbocycles. The maximum absolute atomic E-state index is 11.8. The molecule has 0 saturated heterocycles. The minimum atomic E-state index is -0.351. The highest BCUT2D eigenvalue weighted by Gasteiger charge is 2.15. The average molecular weight is 404 g/mol. The van der Waals surface area contributed by atoms with Gasteiger partial charge < -0.3 is 9.47 Å². The van der Waals surface area contributed by atoms with Crippen molar-refractivity contribution in [3.63, 3.8) is 0 Å². The molecule has 6 nitrogen and oxygen atoms in total. The summed E-state index contributed by atoms with van der Waals surface area (Å²) in [5, 5.41) is 4.74. The Kier molecular flexibility index (Phi) is 9.48. The first-order valence-corrected chi connectivity index (χ1v) is 10.6.